The van der Waals surface area contributed by atoms with E-state index in [-0.39, 0.29) is 29.6 Å². The number of alkyl halides is 3. The number of nitrogens with zero attached hydrogens (tertiary/aromatic N) is 4. The number of halogens is 3. The molecule has 2 atom stereocenters. The quantitative estimate of drug-likeness (QED) is 0.609. The van der Waals surface area contributed by atoms with Crippen molar-refractivity contribution in [2.24, 2.45) is 5.92 Å². The van der Waals surface area contributed by atoms with Crippen molar-refractivity contribution in [3.8, 4) is 0 Å². The van der Waals surface area contributed by atoms with E-state index in [0.717, 1.165) is 31.2 Å². The molecular weight excluding hydrogens is 371 g/mol. The Morgan fingerprint density at radius 1 is 1.36 bits per heavy atom. The summed E-state index contributed by atoms with van der Waals surface area (Å²) in [4.78, 5) is 7.89. The Hall–Kier alpha value is -2.65. The molecule has 2 aromatic rings. The first-order valence-electron chi connectivity index (χ1n) is 9.37. The van der Waals surface area contributed by atoms with Crippen LogP contribution in [0.15, 0.2) is 12.3 Å². The monoisotopic (exact) mass is 393 g/mol. The molecule has 2 heterocycles. The van der Waals surface area contributed by atoms with Crippen molar-refractivity contribution < 1.29 is 13.2 Å². The highest BCUT2D eigenvalue weighted by atomic mass is 19.4. The van der Waals surface area contributed by atoms with Crippen LogP contribution in [0.4, 0.5) is 30.8 Å². The molecule has 2 aliphatic rings. The number of anilines is 3. The second-order valence-corrected chi connectivity index (χ2v) is 7.37. The van der Waals surface area contributed by atoms with Gasteiger partial charge >= 0.3 is 6.18 Å². The van der Waals surface area contributed by atoms with Gasteiger partial charge in [-0.05, 0) is 33.1 Å². The highest BCUT2D eigenvalue weighted by Gasteiger charge is 2.43. The van der Waals surface area contributed by atoms with Crippen LogP contribution in [-0.4, -0.2) is 32.0 Å². The summed E-state index contributed by atoms with van der Waals surface area (Å²) in [5.74, 6) is 0.995. The first-order valence-corrected chi connectivity index (χ1v) is 9.37. The van der Waals surface area contributed by atoms with Crippen LogP contribution in [0.2, 0.25) is 0 Å². The van der Waals surface area contributed by atoms with Crippen LogP contribution in [0, 0.1) is 11.3 Å². The van der Waals surface area contributed by atoms with E-state index in [0.29, 0.717) is 18.1 Å². The molecule has 0 amide bonds. The van der Waals surface area contributed by atoms with Gasteiger partial charge in [0.05, 0.1) is 11.7 Å². The summed E-state index contributed by atoms with van der Waals surface area (Å²) < 4.78 is 41.3. The van der Waals surface area contributed by atoms with Gasteiger partial charge in [-0.3, -0.25) is 0 Å². The standard InChI is InChI=1S/C18H22F3N7/c1-3-23-16-13(18(19,20)21)8-24-17(26-16)25-15-7-14(12-6-11(12)9(2)22)27-28(15)10-4-5-10/h7-8,10-12,22H,3-6H2,1-2H3,(H2,23,24,25,26)/t11-,12+/m1/s1. The predicted molar refractivity (Wildman–Crippen MR) is 99.2 cm³/mol. The van der Waals surface area contributed by atoms with Gasteiger partial charge in [0.15, 0.2) is 0 Å². The minimum Gasteiger partial charge on any atom is -0.370 e. The molecule has 0 bridgehead atoms. The Balaban J connectivity index is 1.61. The highest BCUT2D eigenvalue weighted by Crippen LogP contribution is 2.49. The number of hydrogen-bond donors (Lipinski definition) is 3. The second kappa shape index (κ2) is 6.75. The zero-order chi connectivity index (χ0) is 20.1. The number of aromatic nitrogens is 4. The van der Waals surface area contributed by atoms with Gasteiger partial charge in [0.25, 0.3) is 0 Å². The molecule has 2 saturated carbocycles. The van der Waals surface area contributed by atoms with E-state index in [1.54, 1.807) is 13.8 Å². The van der Waals surface area contributed by atoms with Crippen LogP contribution < -0.4 is 10.6 Å². The summed E-state index contributed by atoms with van der Waals surface area (Å²) >= 11 is 0. The van der Waals surface area contributed by atoms with Crippen molar-refractivity contribution in [1.29, 1.82) is 5.41 Å². The lowest BCUT2D eigenvalue weighted by Gasteiger charge is -2.14. The minimum absolute atomic E-state index is 0.0906. The Bertz CT molecular complexity index is 901. The lowest BCUT2D eigenvalue weighted by Crippen LogP contribution is -2.14. The van der Waals surface area contributed by atoms with Crippen molar-refractivity contribution in [2.75, 3.05) is 17.2 Å². The van der Waals surface area contributed by atoms with Crippen molar-refractivity contribution in [3.63, 3.8) is 0 Å². The van der Waals surface area contributed by atoms with Crippen molar-refractivity contribution >= 4 is 23.3 Å². The molecule has 2 aliphatic carbocycles. The van der Waals surface area contributed by atoms with Crippen LogP contribution in [0.25, 0.3) is 0 Å². The molecule has 2 aromatic heterocycles. The molecule has 0 aromatic carbocycles. The lowest BCUT2D eigenvalue weighted by atomic mass is 10.2. The lowest BCUT2D eigenvalue weighted by molar-refractivity contribution is -0.137. The largest absolute Gasteiger partial charge is 0.421 e. The third-order valence-corrected chi connectivity index (χ3v) is 5.05. The van der Waals surface area contributed by atoms with Crippen LogP contribution in [-0.2, 0) is 6.18 Å². The van der Waals surface area contributed by atoms with Crippen molar-refractivity contribution in [1.82, 2.24) is 19.7 Å². The Morgan fingerprint density at radius 2 is 2.11 bits per heavy atom. The summed E-state index contributed by atoms with van der Waals surface area (Å²) in [6, 6.07) is 2.19. The fraction of sp³-hybridized carbons (Fsp3) is 0.556. The van der Waals surface area contributed by atoms with Crippen LogP contribution in [0.1, 0.15) is 56.3 Å². The maximum atomic E-state index is 13.1. The minimum atomic E-state index is -4.52. The average molecular weight is 393 g/mol. The SMILES string of the molecule is CCNc1nc(Nc2cc([C@H]3C[C@@H]3C(C)=N)nn2C2CC2)ncc1C(F)(F)F. The molecule has 0 unspecified atom stereocenters. The van der Waals surface area contributed by atoms with Gasteiger partial charge in [-0.15, -0.1) is 0 Å². The zero-order valence-corrected chi connectivity index (χ0v) is 15.6. The molecular formula is C18H22F3N7. The summed E-state index contributed by atoms with van der Waals surface area (Å²) in [7, 11) is 0. The normalized spacial score (nSPS) is 21.5. The van der Waals surface area contributed by atoms with E-state index < -0.39 is 11.7 Å². The first kappa shape index (κ1) is 18.7. The van der Waals surface area contributed by atoms with Crippen LogP contribution in [0.5, 0.6) is 0 Å². The summed E-state index contributed by atoms with van der Waals surface area (Å²) in [6.45, 7) is 3.83. The molecule has 7 nitrogen and oxygen atoms in total. The molecule has 4 rings (SSSR count). The molecule has 3 N–H and O–H groups in total. The zero-order valence-electron chi connectivity index (χ0n) is 15.6. The van der Waals surface area contributed by atoms with Gasteiger partial charge in [-0.1, -0.05) is 0 Å². The van der Waals surface area contributed by atoms with E-state index in [1.165, 1.54) is 0 Å². The number of rotatable bonds is 7. The van der Waals surface area contributed by atoms with Crippen LogP contribution >= 0.6 is 0 Å². The van der Waals surface area contributed by atoms with E-state index in [1.807, 2.05) is 10.7 Å². The smallest absolute Gasteiger partial charge is 0.370 e. The van der Waals surface area contributed by atoms with E-state index >= 15 is 0 Å². The predicted octanol–water partition coefficient (Wildman–Crippen LogP) is 4.35. The fourth-order valence-corrected chi connectivity index (χ4v) is 3.35. The average Bonchev–Trinajstić information content (AvgIpc) is 3.53. The Kier molecular flexibility index (Phi) is 4.51. The van der Waals surface area contributed by atoms with Gasteiger partial charge in [0.2, 0.25) is 5.95 Å². The van der Waals surface area contributed by atoms with Gasteiger partial charge in [-0.2, -0.15) is 23.3 Å². The third kappa shape index (κ3) is 3.67. The molecule has 28 heavy (non-hydrogen) atoms. The van der Waals surface area contributed by atoms with E-state index in [2.05, 4.69) is 25.7 Å². The molecule has 0 saturated heterocycles. The van der Waals surface area contributed by atoms with E-state index in [4.69, 9.17) is 5.41 Å². The number of nitrogens with one attached hydrogen (secondary N) is 3. The molecule has 0 spiro atoms. The second-order valence-electron chi connectivity index (χ2n) is 7.37. The molecule has 10 heteroatoms. The molecule has 0 radical (unpaired) electrons. The van der Waals surface area contributed by atoms with Gasteiger partial charge < -0.3 is 16.0 Å². The fourth-order valence-electron chi connectivity index (χ4n) is 3.35. The first-order chi connectivity index (χ1) is 13.3. The number of hydrogen-bond acceptors (Lipinski definition) is 6. The molecule has 2 fully saturated rings. The third-order valence-electron chi connectivity index (χ3n) is 5.05. The van der Waals surface area contributed by atoms with Gasteiger partial charge in [0, 0.05) is 36.4 Å². The van der Waals surface area contributed by atoms with Crippen molar-refractivity contribution in [3.05, 3.63) is 23.5 Å². The Morgan fingerprint density at radius 3 is 2.68 bits per heavy atom. The van der Waals surface area contributed by atoms with Crippen molar-refractivity contribution in [2.45, 2.75) is 51.2 Å². The summed E-state index contributed by atoms with van der Waals surface area (Å²) in [5.41, 5.74) is 0.672. The molecule has 0 aliphatic heterocycles. The molecule has 150 valence electrons. The van der Waals surface area contributed by atoms with Crippen LogP contribution in [0.3, 0.4) is 0 Å². The van der Waals surface area contributed by atoms with Gasteiger partial charge in [0.1, 0.15) is 17.2 Å². The maximum absolute atomic E-state index is 13.1. The van der Waals surface area contributed by atoms with Gasteiger partial charge in [-0.25, -0.2) is 9.67 Å². The summed E-state index contributed by atoms with van der Waals surface area (Å²) in [6.07, 6.45) is -0.780. The topological polar surface area (TPSA) is 91.5 Å². The summed E-state index contributed by atoms with van der Waals surface area (Å²) in [5, 5.41) is 18.2. The van der Waals surface area contributed by atoms with E-state index in [9.17, 15) is 13.2 Å². The highest BCUT2D eigenvalue weighted by molar-refractivity contribution is 5.85. The maximum Gasteiger partial charge on any atom is 0.421 e. The Labute approximate surface area is 160 Å².